The summed E-state index contributed by atoms with van der Waals surface area (Å²) < 4.78 is 5.17. The SMILES string of the molecule is COc1cccc(NC(=O)CN(C)CC(=O)N2CCC(Cc3ccccc3)CC2)c1. The van der Waals surface area contributed by atoms with Crippen LogP contribution in [-0.2, 0) is 16.0 Å². The fourth-order valence-electron chi connectivity index (χ4n) is 3.87. The van der Waals surface area contributed by atoms with E-state index in [-0.39, 0.29) is 24.9 Å². The van der Waals surface area contributed by atoms with E-state index in [0.717, 1.165) is 32.4 Å². The highest BCUT2D eigenvalue weighted by Gasteiger charge is 2.24. The van der Waals surface area contributed by atoms with Crippen LogP contribution < -0.4 is 10.1 Å². The lowest BCUT2D eigenvalue weighted by Crippen LogP contribution is -2.44. The molecule has 0 spiro atoms. The molecule has 6 heteroatoms. The number of piperidine rings is 1. The van der Waals surface area contributed by atoms with E-state index in [2.05, 4.69) is 29.6 Å². The molecule has 1 N–H and O–H groups in total. The zero-order valence-corrected chi connectivity index (χ0v) is 17.8. The van der Waals surface area contributed by atoms with E-state index in [1.807, 2.05) is 29.2 Å². The van der Waals surface area contributed by atoms with E-state index in [1.54, 1.807) is 25.1 Å². The van der Waals surface area contributed by atoms with Crippen molar-refractivity contribution in [2.24, 2.45) is 5.92 Å². The molecule has 30 heavy (non-hydrogen) atoms. The van der Waals surface area contributed by atoms with Gasteiger partial charge in [0.15, 0.2) is 0 Å². The normalized spacial score (nSPS) is 14.6. The third kappa shape index (κ3) is 6.59. The highest BCUT2D eigenvalue weighted by molar-refractivity contribution is 5.92. The largest absolute Gasteiger partial charge is 0.497 e. The van der Waals surface area contributed by atoms with Gasteiger partial charge in [0.25, 0.3) is 0 Å². The Hall–Kier alpha value is -2.86. The standard InChI is InChI=1S/C24H31N3O3/c1-26(17-23(28)25-21-9-6-10-22(16-21)30-2)18-24(29)27-13-11-20(12-14-27)15-19-7-4-3-5-8-19/h3-10,16,20H,11-15,17-18H2,1-2H3,(H,25,28). The van der Waals surface area contributed by atoms with Crippen LogP contribution in [0.5, 0.6) is 5.75 Å². The Kier molecular flexibility index (Phi) is 7.85. The first-order valence-electron chi connectivity index (χ1n) is 10.5. The van der Waals surface area contributed by atoms with Crippen LogP contribution in [0.3, 0.4) is 0 Å². The van der Waals surface area contributed by atoms with Gasteiger partial charge in [-0.25, -0.2) is 0 Å². The predicted octanol–water partition coefficient (Wildman–Crippen LogP) is 3.05. The van der Waals surface area contributed by atoms with Crippen molar-refractivity contribution in [3.8, 4) is 5.75 Å². The van der Waals surface area contributed by atoms with Gasteiger partial charge in [-0.1, -0.05) is 36.4 Å². The first kappa shape index (κ1) is 21.8. The molecule has 0 aliphatic carbocycles. The number of methoxy groups -OCH3 is 1. The zero-order chi connectivity index (χ0) is 21.3. The Labute approximate surface area is 178 Å². The third-order valence-corrected chi connectivity index (χ3v) is 5.51. The van der Waals surface area contributed by atoms with Crippen LogP contribution in [0.2, 0.25) is 0 Å². The summed E-state index contributed by atoms with van der Waals surface area (Å²) in [5.41, 5.74) is 2.05. The lowest BCUT2D eigenvalue weighted by Gasteiger charge is -2.33. The number of rotatable bonds is 8. The number of benzene rings is 2. The lowest BCUT2D eigenvalue weighted by atomic mass is 9.90. The van der Waals surface area contributed by atoms with Crippen molar-refractivity contribution < 1.29 is 14.3 Å². The van der Waals surface area contributed by atoms with E-state index in [1.165, 1.54) is 5.56 Å². The monoisotopic (exact) mass is 409 g/mol. The summed E-state index contributed by atoms with van der Waals surface area (Å²) in [6.45, 7) is 1.99. The summed E-state index contributed by atoms with van der Waals surface area (Å²) in [4.78, 5) is 28.6. The molecule has 3 rings (SSSR count). The van der Waals surface area contributed by atoms with Crippen LogP contribution in [0.25, 0.3) is 0 Å². The van der Waals surface area contributed by atoms with Crippen LogP contribution in [0.4, 0.5) is 5.69 Å². The average molecular weight is 410 g/mol. The van der Waals surface area contributed by atoms with Gasteiger partial charge < -0.3 is 15.0 Å². The first-order valence-corrected chi connectivity index (χ1v) is 10.5. The zero-order valence-electron chi connectivity index (χ0n) is 17.8. The Morgan fingerprint density at radius 3 is 2.50 bits per heavy atom. The molecule has 1 aliphatic heterocycles. The smallest absolute Gasteiger partial charge is 0.238 e. The Morgan fingerprint density at radius 1 is 1.07 bits per heavy atom. The maximum absolute atomic E-state index is 12.6. The minimum atomic E-state index is -0.153. The van der Waals surface area contributed by atoms with Crippen molar-refractivity contribution in [2.45, 2.75) is 19.3 Å². The second-order valence-corrected chi connectivity index (χ2v) is 7.97. The summed E-state index contributed by atoms with van der Waals surface area (Å²) >= 11 is 0. The van der Waals surface area contributed by atoms with Gasteiger partial charge in [-0.2, -0.15) is 0 Å². The van der Waals surface area contributed by atoms with Gasteiger partial charge >= 0.3 is 0 Å². The number of carbonyl (C=O) groups is 2. The summed E-state index contributed by atoms with van der Waals surface area (Å²) in [7, 11) is 3.38. The van der Waals surface area contributed by atoms with E-state index in [0.29, 0.717) is 17.4 Å². The fraction of sp³-hybridized carbons (Fsp3) is 0.417. The molecule has 0 saturated carbocycles. The van der Waals surface area contributed by atoms with Crippen molar-refractivity contribution in [1.82, 2.24) is 9.80 Å². The first-order chi connectivity index (χ1) is 14.5. The van der Waals surface area contributed by atoms with Gasteiger partial charge in [0.2, 0.25) is 11.8 Å². The molecule has 2 aromatic rings. The van der Waals surface area contributed by atoms with Gasteiger partial charge in [-0.3, -0.25) is 14.5 Å². The fourth-order valence-corrected chi connectivity index (χ4v) is 3.87. The van der Waals surface area contributed by atoms with Crippen molar-refractivity contribution in [3.05, 3.63) is 60.2 Å². The molecule has 1 heterocycles. The van der Waals surface area contributed by atoms with Gasteiger partial charge in [0, 0.05) is 24.8 Å². The minimum absolute atomic E-state index is 0.0878. The maximum atomic E-state index is 12.6. The highest BCUT2D eigenvalue weighted by atomic mass is 16.5. The quantitative estimate of drug-likeness (QED) is 0.728. The minimum Gasteiger partial charge on any atom is -0.497 e. The molecular formula is C24H31N3O3. The number of anilines is 1. The molecule has 1 aliphatic rings. The topological polar surface area (TPSA) is 61.9 Å². The number of nitrogens with one attached hydrogen (secondary N) is 1. The molecule has 0 aromatic heterocycles. The second-order valence-electron chi connectivity index (χ2n) is 7.97. The summed E-state index contributed by atoms with van der Waals surface area (Å²) in [5.74, 6) is 1.25. The van der Waals surface area contributed by atoms with E-state index < -0.39 is 0 Å². The molecule has 0 radical (unpaired) electrons. The third-order valence-electron chi connectivity index (χ3n) is 5.51. The van der Waals surface area contributed by atoms with Crippen LogP contribution in [0.15, 0.2) is 54.6 Å². The summed E-state index contributed by atoms with van der Waals surface area (Å²) in [6.07, 6.45) is 3.13. The van der Waals surface area contributed by atoms with Crippen molar-refractivity contribution >= 4 is 17.5 Å². The van der Waals surface area contributed by atoms with Gasteiger partial charge in [0.05, 0.1) is 20.2 Å². The molecular weight excluding hydrogens is 378 g/mol. The molecule has 2 amide bonds. The van der Waals surface area contributed by atoms with Gasteiger partial charge in [-0.05, 0) is 49.9 Å². The lowest BCUT2D eigenvalue weighted by molar-refractivity contribution is -0.133. The highest BCUT2D eigenvalue weighted by Crippen LogP contribution is 2.22. The summed E-state index contributed by atoms with van der Waals surface area (Å²) in [5, 5.41) is 2.84. The number of likely N-dealkylation sites (tertiary alicyclic amines) is 1. The van der Waals surface area contributed by atoms with E-state index >= 15 is 0 Å². The number of hydrogen-bond donors (Lipinski definition) is 1. The second kappa shape index (κ2) is 10.8. The average Bonchev–Trinajstić information content (AvgIpc) is 2.75. The van der Waals surface area contributed by atoms with Crippen LogP contribution in [0.1, 0.15) is 18.4 Å². The molecule has 6 nitrogen and oxygen atoms in total. The number of carbonyl (C=O) groups excluding carboxylic acids is 2. The van der Waals surface area contributed by atoms with E-state index in [9.17, 15) is 9.59 Å². The summed E-state index contributed by atoms with van der Waals surface area (Å²) in [6, 6.07) is 17.8. The Balaban J connectivity index is 1.39. The van der Waals surface area contributed by atoms with Crippen LogP contribution in [-0.4, -0.2) is 62.0 Å². The van der Waals surface area contributed by atoms with Crippen LogP contribution >= 0.6 is 0 Å². The van der Waals surface area contributed by atoms with E-state index in [4.69, 9.17) is 4.74 Å². The van der Waals surface area contributed by atoms with Gasteiger partial charge in [0.1, 0.15) is 5.75 Å². The molecule has 160 valence electrons. The van der Waals surface area contributed by atoms with Gasteiger partial charge in [-0.15, -0.1) is 0 Å². The Morgan fingerprint density at radius 2 is 1.80 bits per heavy atom. The molecule has 2 aromatic carbocycles. The number of ether oxygens (including phenoxy) is 1. The number of nitrogens with zero attached hydrogens (tertiary/aromatic N) is 2. The number of likely N-dealkylation sites (N-methyl/N-ethyl adjacent to an activating group) is 1. The molecule has 1 saturated heterocycles. The number of hydrogen-bond acceptors (Lipinski definition) is 4. The molecule has 0 unspecified atom stereocenters. The van der Waals surface area contributed by atoms with Crippen molar-refractivity contribution in [1.29, 1.82) is 0 Å². The molecule has 0 bridgehead atoms. The molecule has 1 fully saturated rings. The van der Waals surface area contributed by atoms with Crippen LogP contribution in [0, 0.1) is 5.92 Å². The van der Waals surface area contributed by atoms with Crippen molar-refractivity contribution in [2.75, 3.05) is 45.7 Å². The molecule has 0 atom stereocenters. The predicted molar refractivity (Wildman–Crippen MR) is 119 cm³/mol. The van der Waals surface area contributed by atoms with Crippen molar-refractivity contribution in [3.63, 3.8) is 0 Å². The maximum Gasteiger partial charge on any atom is 0.238 e. The Bertz CT molecular complexity index is 833. The number of amides is 2.